The second kappa shape index (κ2) is 10.3. The van der Waals surface area contributed by atoms with Crippen molar-refractivity contribution in [2.24, 2.45) is 0 Å². The third kappa shape index (κ3) is 8.08. The van der Waals surface area contributed by atoms with E-state index in [0.29, 0.717) is 19.5 Å². The summed E-state index contributed by atoms with van der Waals surface area (Å²) in [4.78, 5) is 38.9. The molecule has 1 aliphatic rings. The minimum Gasteiger partial charge on any atom is -0.356 e. The number of likely N-dealkylation sites (N-methyl/N-ethyl adjacent to an activating group) is 1. The summed E-state index contributed by atoms with van der Waals surface area (Å²) in [5.41, 5.74) is 0. The molecule has 0 radical (unpaired) electrons. The molecule has 0 bridgehead atoms. The molecule has 2 N–H and O–H groups in total. The zero-order chi connectivity index (χ0) is 17.2. The fraction of sp³-hybridized carbons (Fsp3) is 0.812. The maximum Gasteiger partial charge on any atom is 0.237 e. The van der Waals surface area contributed by atoms with Crippen LogP contribution >= 0.6 is 0 Å². The van der Waals surface area contributed by atoms with E-state index in [1.807, 2.05) is 14.1 Å². The predicted octanol–water partition coefficient (Wildman–Crippen LogP) is -0.386. The highest BCUT2D eigenvalue weighted by atomic mass is 16.3. The SMILES string of the molecule is C[13C](=O)CCNC(=O)CC[15NH][13C](=O)[13CH]1[13CH2][13CH2][13CH2][15N]1C[13CH2]N(C)C. The smallest absolute Gasteiger partial charge is 0.237 e. The molecule has 2 amide bonds. The predicted molar refractivity (Wildman–Crippen MR) is 89.1 cm³/mol. The Kier molecular flexibility index (Phi) is 8.79. The summed E-state index contributed by atoms with van der Waals surface area (Å²) in [7, 11) is 4.05. The van der Waals surface area contributed by atoms with Crippen molar-refractivity contribution in [3.05, 3.63) is 0 Å². The number of ketones is 1. The highest BCUT2D eigenvalue weighted by Gasteiger charge is 2.30. The van der Waals surface area contributed by atoms with Gasteiger partial charge in [-0.1, -0.05) is 0 Å². The number of hydrogen-bond donors (Lipinski definition) is 2. The number of nitrogens with zero attached hydrogens (tertiary/aromatic N) is 2. The minimum absolute atomic E-state index is 0.0118. The first kappa shape index (κ1) is 19.6. The number of rotatable bonds is 10. The maximum atomic E-state index is 12.2. The van der Waals surface area contributed by atoms with Crippen molar-refractivity contribution in [1.82, 2.24) is 20.4 Å². The van der Waals surface area contributed by atoms with E-state index in [-0.39, 0.29) is 30.1 Å². The second-order valence-electron chi connectivity index (χ2n) is 6.34. The van der Waals surface area contributed by atoms with Crippen molar-refractivity contribution in [2.45, 2.75) is 38.6 Å². The van der Waals surface area contributed by atoms with E-state index in [0.717, 1.165) is 32.5 Å². The molecule has 0 aromatic carbocycles. The second-order valence-corrected chi connectivity index (χ2v) is 6.34. The van der Waals surface area contributed by atoms with E-state index in [2.05, 4.69) is 20.4 Å². The van der Waals surface area contributed by atoms with E-state index in [1.165, 1.54) is 6.92 Å². The molecule has 1 saturated heterocycles. The summed E-state index contributed by atoms with van der Waals surface area (Å²) in [5.74, 6) is -0.0714. The summed E-state index contributed by atoms with van der Waals surface area (Å²) in [6.45, 7) is 4.97. The Morgan fingerprint density at radius 2 is 1.83 bits per heavy atom. The molecule has 1 rings (SSSR count). The van der Waals surface area contributed by atoms with Gasteiger partial charge in [0.1, 0.15) is 5.78 Å². The zero-order valence-corrected chi connectivity index (χ0v) is 14.6. The van der Waals surface area contributed by atoms with Gasteiger partial charge < -0.3 is 15.5 Å². The number of carbonyl (C=O) groups is 3. The molecule has 0 aromatic rings. The van der Waals surface area contributed by atoms with Gasteiger partial charge in [-0.05, 0) is 40.4 Å². The number of nitrogens with one attached hydrogen (secondary N) is 2. The van der Waals surface area contributed by atoms with Crippen molar-refractivity contribution in [3.63, 3.8) is 0 Å². The number of Topliss-reactive ketones (excluding diaryl/α,β-unsaturated/α-hetero) is 1. The molecule has 0 spiro atoms. The van der Waals surface area contributed by atoms with Crippen LogP contribution in [0.25, 0.3) is 0 Å². The van der Waals surface area contributed by atoms with Gasteiger partial charge in [0.2, 0.25) is 11.8 Å². The summed E-state index contributed by atoms with van der Waals surface area (Å²) >= 11 is 0. The van der Waals surface area contributed by atoms with Gasteiger partial charge in [-0.3, -0.25) is 19.3 Å². The lowest BCUT2D eigenvalue weighted by molar-refractivity contribution is -0.125. The third-order valence-electron chi connectivity index (χ3n) is 3.95. The van der Waals surface area contributed by atoms with E-state index >= 15 is 0 Å². The molecule has 0 aliphatic carbocycles. The highest BCUT2D eigenvalue weighted by molar-refractivity contribution is 5.83. The Balaban J connectivity index is 2.22. The van der Waals surface area contributed by atoms with Gasteiger partial charge >= 0.3 is 0 Å². The fourth-order valence-corrected chi connectivity index (χ4v) is 2.60. The van der Waals surface area contributed by atoms with Gasteiger partial charge in [0, 0.05) is 39.0 Å². The van der Waals surface area contributed by atoms with Crippen LogP contribution in [0.5, 0.6) is 0 Å². The van der Waals surface area contributed by atoms with E-state index in [9.17, 15) is 14.4 Å². The average molecular weight is 335 g/mol. The monoisotopic (exact) mass is 335 g/mol. The zero-order valence-electron chi connectivity index (χ0n) is 14.6. The van der Waals surface area contributed by atoms with E-state index in [4.69, 9.17) is 0 Å². The van der Waals surface area contributed by atoms with E-state index in [1.54, 1.807) is 0 Å². The summed E-state index contributed by atoms with van der Waals surface area (Å²) in [5, 5.41) is 5.52. The fourth-order valence-electron chi connectivity index (χ4n) is 2.60. The van der Waals surface area contributed by atoms with Crippen LogP contribution in [-0.2, 0) is 14.4 Å². The molecular formula is C16H30N4O3. The normalized spacial score (nSPS) is 18.2. The molecule has 0 saturated carbocycles. The van der Waals surface area contributed by atoms with Crippen molar-refractivity contribution in [3.8, 4) is 0 Å². The molecule has 1 unspecified atom stereocenters. The number of carbonyl (C=O) groups excluding carboxylic acids is 3. The van der Waals surface area contributed by atoms with Crippen molar-refractivity contribution in [2.75, 3.05) is 46.8 Å². The molecular weight excluding hydrogens is 305 g/mol. The molecule has 1 atom stereocenters. The molecule has 7 heteroatoms. The van der Waals surface area contributed by atoms with Crippen LogP contribution in [0.1, 0.15) is 32.6 Å². The van der Waals surface area contributed by atoms with Gasteiger partial charge in [0.05, 0.1) is 6.04 Å². The van der Waals surface area contributed by atoms with Gasteiger partial charge in [-0.15, -0.1) is 0 Å². The summed E-state index contributed by atoms with van der Waals surface area (Å²) in [6.07, 6.45) is 2.51. The first-order valence-electron chi connectivity index (χ1n) is 8.32. The quantitative estimate of drug-likeness (QED) is 0.420. The van der Waals surface area contributed by atoms with Crippen molar-refractivity contribution >= 4 is 17.6 Å². The highest BCUT2D eigenvalue weighted by Crippen LogP contribution is 2.16. The van der Waals surface area contributed by atoms with Crippen molar-refractivity contribution < 1.29 is 14.4 Å². The van der Waals surface area contributed by atoms with Crippen molar-refractivity contribution in [1.29, 1.82) is 0 Å². The Morgan fingerprint density at radius 3 is 2.48 bits per heavy atom. The lowest BCUT2D eigenvalue weighted by Crippen LogP contribution is -2.46. The average Bonchev–Trinajstić information content (AvgIpc) is 2.93. The molecule has 23 heavy (non-hydrogen) atoms. The van der Waals surface area contributed by atoms with Crippen LogP contribution in [0, 0.1) is 0 Å². The lowest BCUT2D eigenvalue weighted by atomic mass is 10.4. The largest absolute Gasteiger partial charge is 0.356 e. The lowest BCUT2D eigenvalue weighted by Gasteiger charge is -2.25. The summed E-state index contributed by atoms with van der Waals surface area (Å²) in [6, 6.07) is -0.0734. The first-order chi connectivity index (χ1) is 10.9. The minimum atomic E-state index is -0.137. The van der Waals surface area contributed by atoms with Crippen LogP contribution < -0.4 is 10.6 Å². The van der Waals surface area contributed by atoms with Crippen LogP contribution in [0.4, 0.5) is 0 Å². The van der Waals surface area contributed by atoms with Gasteiger partial charge in [-0.25, -0.2) is 0 Å². The number of amides is 2. The van der Waals surface area contributed by atoms with Gasteiger partial charge in [0.25, 0.3) is 0 Å². The van der Waals surface area contributed by atoms with Crippen LogP contribution in [0.3, 0.4) is 0 Å². The standard InChI is InChI=1S/C16H30N4O3/c1-13(21)6-8-17-15(22)7-9-18-16(23)14-5-4-10-20(14)12-11-19(2)3/h14H,4-12H2,1-3H3,(H,17,22)(H,18,23)/i4+1,5+1,10+1,11+1,13+1,14+1,16+1,18+1,20+1. The Hall–Kier alpha value is -1.47. The molecule has 1 fully saturated rings. The number of likely N-dealkylation sites (tertiary alicyclic amines) is 1. The third-order valence-corrected chi connectivity index (χ3v) is 3.95. The topological polar surface area (TPSA) is 81.8 Å². The molecule has 7 nitrogen and oxygen atoms in total. The van der Waals surface area contributed by atoms with Gasteiger partial charge in [-0.2, -0.15) is 0 Å². The van der Waals surface area contributed by atoms with E-state index < -0.39 is 0 Å². The first-order valence-corrected chi connectivity index (χ1v) is 8.32. The maximum absolute atomic E-state index is 12.2. The molecule has 132 valence electrons. The van der Waals surface area contributed by atoms with Gasteiger partial charge in [0.15, 0.2) is 0 Å². The number of hydrogen-bond acceptors (Lipinski definition) is 5. The van der Waals surface area contributed by atoms with Crippen LogP contribution in [0.15, 0.2) is 0 Å². The summed E-state index contributed by atoms with van der Waals surface area (Å²) < 4.78 is 0. The Labute approximate surface area is 138 Å². The molecule has 1 aliphatic heterocycles. The van der Waals surface area contributed by atoms with Crippen LogP contribution in [0.2, 0.25) is 0 Å². The molecule has 0 aromatic heterocycles. The molecule has 1 heterocycles. The Morgan fingerprint density at radius 1 is 1.13 bits per heavy atom. The van der Waals surface area contributed by atoms with Crippen LogP contribution in [-0.4, -0.2) is 80.3 Å². The Bertz CT molecular complexity index is 412.